The van der Waals surface area contributed by atoms with E-state index in [1.807, 2.05) is 72.8 Å². The molecule has 0 heterocycles. The highest BCUT2D eigenvalue weighted by atomic mass is 19.4. The number of nitrogens with one attached hydrogen (secondary N) is 2. The van der Waals surface area contributed by atoms with Gasteiger partial charge in [-0.3, -0.25) is 0 Å². The third-order valence-electron chi connectivity index (χ3n) is 12.4. The minimum absolute atomic E-state index is 0.305. The van der Waals surface area contributed by atoms with Gasteiger partial charge in [-0.1, -0.05) is 91.0 Å². The first-order valence-corrected chi connectivity index (χ1v) is 22.2. The van der Waals surface area contributed by atoms with Crippen LogP contribution in [-0.2, 0) is 31.6 Å². The summed E-state index contributed by atoms with van der Waals surface area (Å²) in [5.74, 6) is -0.204. The molecular formula is C56H48F8N2O2. The fourth-order valence-electron chi connectivity index (χ4n) is 8.93. The fourth-order valence-corrected chi connectivity index (χ4v) is 8.93. The average Bonchev–Trinajstić information content (AvgIpc) is 3.32. The molecular weight excluding hydrogens is 885 g/mol. The zero-order valence-electron chi connectivity index (χ0n) is 37.2. The van der Waals surface area contributed by atoms with E-state index in [0.29, 0.717) is 83.4 Å². The smallest absolute Gasteiger partial charge is 0.416 e. The molecule has 0 bridgehead atoms. The number of alkyl halides is 6. The Kier molecular flexibility index (Phi) is 14.5. The van der Waals surface area contributed by atoms with Gasteiger partial charge >= 0.3 is 12.4 Å². The van der Waals surface area contributed by atoms with Crippen LogP contribution in [0.4, 0.5) is 35.1 Å². The first kappa shape index (κ1) is 47.7. The Morgan fingerprint density at radius 3 is 1.74 bits per heavy atom. The van der Waals surface area contributed by atoms with E-state index in [9.17, 15) is 30.7 Å². The maximum atomic E-state index is 15.4. The van der Waals surface area contributed by atoms with Gasteiger partial charge in [-0.15, -0.1) is 0 Å². The normalized spacial score (nSPS) is 12.9. The SMILES string of the molecule is COc1cccc(CC(NCCc2cc(-c3ccc(C(F)(F)F)cc3)c3ccc(F)cc3c2)C(CNCCc2cc(-c3ccc(C(F)(F)F)cc3)c3ccccc3c2)c2cc(F)cc(OC)c2)c1. The van der Waals surface area contributed by atoms with Gasteiger partial charge in [0.25, 0.3) is 0 Å². The molecule has 0 aliphatic rings. The molecule has 350 valence electrons. The van der Waals surface area contributed by atoms with E-state index >= 15 is 4.39 Å². The minimum atomic E-state index is -4.50. The van der Waals surface area contributed by atoms with Crippen LogP contribution < -0.4 is 20.1 Å². The summed E-state index contributed by atoms with van der Waals surface area (Å²) in [4.78, 5) is 0. The zero-order valence-corrected chi connectivity index (χ0v) is 37.2. The summed E-state index contributed by atoms with van der Waals surface area (Å²) in [6.45, 7) is 1.34. The Bertz CT molecular complexity index is 3010. The van der Waals surface area contributed by atoms with Crippen molar-refractivity contribution in [2.24, 2.45) is 0 Å². The Morgan fingerprint density at radius 2 is 1.10 bits per heavy atom. The topological polar surface area (TPSA) is 42.5 Å². The number of benzene rings is 8. The van der Waals surface area contributed by atoms with Crippen molar-refractivity contribution in [1.29, 1.82) is 0 Å². The van der Waals surface area contributed by atoms with Crippen molar-refractivity contribution in [2.75, 3.05) is 33.9 Å². The first-order valence-electron chi connectivity index (χ1n) is 22.2. The molecule has 8 rings (SSSR count). The van der Waals surface area contributed by atoms with Gasteiger partial charge in [-0.25, -0.2) is 8.78 Å². The third-order valence-corrected chi connectivity index (χ3v) is 12.4. The van der Waals surface area contributed by atoms with Crippen LogP contribution in [0.15, 0.2) is 158 Å². The lowest BCUT2D eigenvalue weighted by Crippen LogP contribution is -2.42. The minimum Gasteiger partial charge on any atom is -0.497 e. The Hall–Kier alpha value is -6.76. The maximum absolute atomic E-state index is 15.4. The van der Waals surface area contributed by atoms with Gasteiger partial charge in [0.1, 0.15) is 23.1 Å². The number of methoxy groups -OCH3 is 2. The van der Waals surface area contributed by atoms with Crippen LogP contribution in [0.2, 0.25) is 0 Å². The number of fused-ring (bicyclic) bond motifs is 2. The van der Waals surface area contributed by atoms with Gasteiger partial charge in [0.15, 0.2) is 0 Å². The number of hydrogen-bond donors (Lipinski definition) is 2. The summed E-state index contributed by atoms with van der Waals surface area (Å²) in [6, 6.07) is 42.2. The highest BCUT2D eigenvalue weighted by Crippen LogP contribution is 2.37. The lowest BCUT2D eigenvalue weighted by Gasteiger charge is -2.30. The van der Waals surface area contributed by atoms with Gasteiger partial charge in [-0.05, 0) is 159 Å². The molecule has 2 unspecified atom stereocenters. The summed E-state index contributed by atoms with van der Waals surface area (Å²) in [7, 11) is 3.08. The second kappa shape index (κ2) is 20.6. The van der Waals surface area contributed by atoms with Crippen molar-refractivity contribution in [2.45, 2.75) is 43.6 Å². The van der Waals surface area contributed by atoms with E-state index < -0.39 is 35.1 Å². The Morgan fingerprint density at radius 1 is 0.500 bits per heavy atom. The van der Waals surface area contributed by atoms with Crippen LogP contribution in [0.5, 0.6) is 11.5 Å². The van der Waals surface area contributed by atoms with Crippen LogP contribution in [0.1, 0.15) is 39.3 Å². The van der Waals surface area contributed by atoms with Gasteiger partial charge < -0.3 is 20.1 Å². The van der Waals surface area contributed by atoms with Crippen LogP contribution in [0, 0.1) is 11.6 Å². The number of rotatable bonds is 17. The van der Waals surface area contributed by atoms with Crippen LogP contribution in [0.3, 0.4) is 0 Å². The maximum Gasteiger partial charge on any atom is 0.416 e. The molecule has 0 amide bonds. The summed E-state index contributed by atoms with van der Waals surface area (Å²) < 4.78 is 122. The molecule has 0 saturated heterocycles. The van der Waals surface area contributed by atoms with E-state index in [0.717, 1.165) is 57.3 Å². The number of halogens is 8. The van der Waals surface area contributed by atoms with Crippen molar-refractivity contribution in [3.63, 3.8) is 0 Å². The van der Waals surface area contributed by atoms with Crippen molar-refractivity contribution in [1.82, 2.24) is 10.6 Å². The van der Waals surface area contributed by atoms with Crippen molar-refractivity contribution >= 4 is 21.5 Å². The molecule has 68 heavy (non-hydrogen) atoms. The van der Waals surface area contributed by atoms with E-state index in [-0.39, 0.29) is 12.0 Å². The second-order valence-corrected chi connectivity index (χ2v) is 16.9. The molecule has 2 atom stereocenters. The predicted molar refractivity (Wildman–Crippen MR) is 253 cm³/mol. The molecule has 8 aromatic rings. The summed E-state index contributed by atoms with van der Waals surface area (Å²) >= 11 is 0. The van der Waals surface area contributed by atoms with E-state index in [1.54, 1.807) is 13.2 Å². The first-order chi connectivity index (χ1) is 32.6. The lowest BCUT2D eigenvalue weighted by molar-refractivity contribution is -0.138. The van der Waals surface area contributed by atoms with Gasteiger partial charge in [0, 0.05) is 24.6 Å². The highest BCUT2D eigenvalue weighted by Gasteiger charge is 2.31. The van der Waals surface area contributed by atoms with Gasteiger partial charge in [0.2, 0.25) is 0 Å². The Labute approximate surface area is 389 Å². The second-order valence-electron chi connectivity index (χ2n) is 16.9. The monoisotopic (exact) mass is 932 g/mol. The summed E-state index contributed by atoms with van der Waals surface area (Å²) in [5, 5.41) is 10.6. The molecule has 0 aliphatic heterocycles. The molecule has 2 N–H and O–H groups in total. The summed E-state index contributed by atoms with van der Waals surface area (Å²) in [6.07, 6.45) is -7.40. The third kappa shape index (κ3) is 11.5. The zero-order chi connectivity index (χ0) is 48.0. The lowest BCUT2D eigenvalue weighted by atomic mass is 9.86. The van der Waals surface area contributed by atoms with E-state index in [2.05, 4.69) is 16.7 Å². The molecule has 0 radical (unpaired) electrons. The molecule has 0 saturated carbocycles. The van der Waals surface area contributed by atoms with Crippen molar-refractivity contribution < 1.29 is 44.6 Å². The standard InChI is InChI=1S/C56H48F8N2O2/c1-67-47-8-5-6-35(26-47)29-54(66-23-21-37-25-41-30-45(57)18-19-50(41)52(28-37)39-12-16-44(17-13-39)56(62,63)64)53(42-31-46(58)33-48(32-42)68-2)34-65-22-20-36-24-40-7-3-4-9-49(40)51(27-36)38-10-14-43(15-11-38)55(59,60)61/h3-19,24-28,30-33,53-54,65-66H,20-23,29,34H2,1-2H3. The molecule has 8 aromatic carbocycles. The van der Waals surface area contributed by atoms with E-state index in [1.165, 1.54) is 55.6 Å². The van der Waals surface area contributed by atoms with Crippen molar-refractivity contribution in [3.8, 4) is 33.8 Å². The molecule has 12 heteroatoms. The van der Waals surface area contributed by atoms with Crippen LogP contribution >= 0.6 is 0 Å². The molecule has 0 fully saturated rings. The number of hydrogen-bond acceptors (Lipinski definition) is 4. The molecule has 0 aliphatic carbocycles. The highest BCUT2D eigenvalue weighted by molar-refractivity contribution is 5.98. The van der Waals surface area contributed by atoms with Crippen LogP contribution in [-0.4, -0.2) is 39.9 Å². The number of ether oxygens (including phenoxy) is 2. The molecule has 0 aromatic heterocycles. The average molecular weight is 933 g/mol. The quantitative estimate of drug-likeness (QED) is 0.0705. The van der Waals surface area contributed by atoms with Gasteiger partial charge in [-0.2, -0.15) is 26.3 Å². The molecule has 4 nitrogen and oxygen atoms in total. The Balaban J connectivity index is 1.08. The van der Waals surface area contributed by atoms with E-state index in [4.69, 9.17) is 9.47 Å². The largest absolute Gasteiger partial charge is 0.497 e. The van der Waals surface area contributed by atoms with Crippen LogP contribution in [0.25, 0.3) is 43.8 Å². The van der Waals surface area contributed by atoms with Gasteiger partial charge in [0.05, 0.1) is 25.3 Å². The predicted octanol–water partition coefficient (Wildman–Crippen LogP) is 14.0. The van der Waals surface area contributed by atoms with Crippen molar-refractivity contribution in [3.05, 3.63) is 203 Å². The molecule has 0 spiro atoms. The fraction of sp³-hybridized carbons (Fsp3) is 0.214. The summed E-state index contributed by atoms with van der Waals surface area (Å²) in [5.41, 5.74) is 4.71.